The van der Waals surface area contributed by atoms with Crippen LogP contribution in [0.2, 0.25) is 10.0 Å². The molecule has 0 unspecified atom stereocenters. The Balaban J connectivity index is 1.47. The normalized spacial score (nSPS) is 21.3. The minimum Gasteiger partial charge on any atom is -0.482 e. The van der Waals surface area contributed by atoms with Crippen molar-refractivity contribution < 1.29 is 4.74 Å². The molecule has 2 heterocycles. The van der Waals surface area contributed by atoms with Gasteiger partial charge in [0.1, 0.15) is 23.5 Å². The first-order chi connectivity index (χ1) is 15.0. The fourth-order valence-electron chi connectivity index (χ4n) is 4.63. The molecule has 5 rings (SSSR count). The molecule has 1 aromatic heterocycles. The fraction of sp³-hybridized carbons (Fsp3) is 0.391. The van der Waals surface area contributed by atoms with E-state index in [4.69, 9.17) is 27.9 Å². The van der Waals surface area contributed by atoms with Crippen LogP contribution in [0.3, 0.4) is 0 Å². The van der Waals surface area contributed by atoms with Crippen molar-refractivity contribution in [3.63, 3.8) is 0 Å². The van der Waals surface area contributed by atoms with Crippen molar-refractivity contribution in [2.45, 2.75) is 32.4 Å². The number of hydrogen-bond acceptors (Lipinski definition) is 5. The predicted octanol–water partition coefficient (Wildman–Crippen LogP) is 5.28. The van der Waals surface area contributed by atoms with Gasteiger partial charge < -0.3 is 4.74 Å². The molecule has 162 valence electrons. The lowest BCUT2D eigenvalue weighted by molar-refractivity contribution is 0.0847. The quantitative estimate of drug-likeness (QED) is 0.514. The van der Waals surface area contributed by atoms with Crippen LogP contribution in [0.25, 0.3) is 5.69 Å². The van der Waals surface area contributed by atoms with Gasteiger partial charge in [-0.25, -0.2) is 0 Å². The monoisotopic (exact) mass is 474 g/mol. The molecule has 1 fully saturated rings. The first-order valence-corrected chi connectivity index (χ1v) is 12.4. The summed E-state index contributed by atoms with van der Waals surface area (Å²) in [4.78, 5) is 2.56. The second-order valence-electron chi connectivity index (χ2n) is 8.05. The number of halogens is 2. The lowest BCUT2D eigenvalue weighted by atomic mass is 10.1. The zero-order valence-corrected chi connectivity index (χ0v) is 19.8. The smallest absolute Gasteiger partial charge is 0.140 e. The summed E-state index contributed by atoms with van der Waals surface area (Å²) in [6, 6.07) is 12.3. The number of fused-ring (bicyclic) bond motifs is 1. The molecule has 2 aromatic carbocycles. The molecule has 1 saturated heterocycles. The Morgan fingerprint density at radius 1 is 1.00 bits per heavy atom. The van der Waals surface area contributed by atoms with Gasteiger partial charge in [0.05, 0.1) is 16.8 Å². The first kappa shape index (κ1) is 21.1. The van der Waals surface area contributed by atoms with Crippen LogP contribution in [-0.2, 0) is 6.42 Å². The second kappa shape index (κ2) is 8.66. The first-order valence-electron chi connectivity index (χ1n) is 10.5. The Labute approximate surface area is 196 Å². The van der Waals surface area contributed by atoms with Gasteiger partial charge >= 0.3 is 0 Å². The highest BCUT2D eigenvalue weighted by Crippen LogP contribution is 2.41. The van der Waals surface area contributed by atoms with Crippen molar-refractivity contribution >= 4 is 35.0 Å². The summed E-state index contributed by atoms with van der Waals surface area (Å²) >= 11 is 15.1. The van der Waals surface area contributed by atoms with Gasteiger partial charge in [-0.2, -0.15) is 11.8 Å². The highest BCUT2D eigenvalue weighted by molar-refractivity contribution is 7.99. The van der Waals surface area contributed by atoms with E-state index in [2.05, 4.69) is 21.2 Å². The van der Waals surface area contributed by atoms with E-state index in [-0.39, 0.29) is 12.1 Å². The molecule has 2 atom stereocenters. The number of rotatable bonds is 4. The third kappa shape index (κ3) is 4.07. The Morgan fingerprint density at radius 2 is 1.74 bits per heavy atom. The van der Waals surface area contributed by atoms with E-state index in [9.17, 15) is 0 Å². The van der Waals surface area contributed by atoms with Crippen LogP contribution in [0.4, 0.5) is 0 Å². The average molecular weight is 475 g/mol. The molecule has 3 aromatic rings. The van der Waals surface area contributed by atoms with Crippen molar-refractivity contribution in [3.8, 4) is 11.4 Å². The van der Waals surface area contributed by atoms with Gasteiger partial charge in [0, 0.05) is 29.6 Å². The third-order valence-electron chi connectivity index (χ3n) is 6.12. The molecule has 1 aliphatic carbocycles. The van der Waals surface area contributed by atoms with Gasteiger partial charge in [-0.15, -0.1) is 10.2 Å². The summed E-state index contributed by atoms with van der Waals surface area (Å²) in [6.07, 6.45) is 0.870. The van der Waals surface area contributed by atoms with E-state index in [1.54, 1.807) is 0 Å². The highest BCUT2D eigenvalue weighted by atomic mass is 35.5. The number of nitrogens with zero attached hydrogens (tertiary/aromatic N) is 4. The molecule has 0 spiro atoms. The molecule has 0 amide bonds. The number of thioether (sulfide) groups is 1. The molecular formula is C23H24Cl2N4OS. The molecule has 31 heavy (non-hydrogen) atoms. The SMILES string of the molecule is Cc1nnc(C)n1-c1ccc(O[C@H]2c3cc(Cl)ccc3C[C@@H]2N2CCSCC2)c(Cl)c1. The number of hydrogen-bond donors (Lipinski definition) is 0. The van der Waals surface area contributed by atoms with E-state index in [1.807, 2.05) is 60.5 Å². The summed E-state index contributed by atoms with van der Waals surface area (Å²) in [7, 11) is 0. The third-order valence-corrected chi connectivity index (χ3v) is 7.59. The van der Waals surface area contributed by atoms with Gasteiger partial charge in [0.15, 0.2) is 0 Å². The van der Waals surface area contributed by atoms with Crippen molar-refractivity contribution in [2.75, 3.05) is 24.6 Å². The predicted molar refractivity (Wildman–Crippen MR) is 127 cm³/mol. The van der Waals surface area contributed by atoms with Crippen LogP contribution in [-0.4, -0.2) is 50.3 Å². The summed E-state index contributed by atoms with van der Waals surface area (Å²) in [6.45, 7) is 6.02. The van der Waals surface area contributed by atoms with Crippen molar-refractivity contribution in [2.24, 2.45) is 0 Å². The lowest BCUT2D eigenvalue weighted by Gasteiger charge is -2.35. The molecule has 0 radical (unpaired) electrons. The molecule has 5 nitrogen and oxygen atoms in total. The maximum Gasteiger partial charge on any atom is 0.140 e. The van der Waals surface area contributed by atoms with Gasteiger partial charge in [-0.1, -0.05) is 29.3 Å². The van der Waals surface area contributed by atoms with Gasteiger partial charge in [0.2, 0.25) is 0 Å². The molecule has 0 N–H and O–H groups in total. The summed E-state index contributed by atoms with van der Waals surface area (Å²) in [5.74, 6) is 4.65. The second-order valence-corrected chi connectivity index (χ2v) is 10.1. The highest BCUT2D eigenvalue weighted by Gasteiger charge is 2.39. The molecule has 0 bridgehead atoms. The maximum atomic E-state index is 6.70. The fourth-order valence-corrected chi connectivity index (χ4v) is 5.96. The Morgan fingerprint density at radius 3 is 2.45 bits per heavy atom. The van der Waals surface area contributed by atoms with Crippen LogP contribution >= 0.6 is 35.0 Å². The molecular weight excluding hydrogens is 451 g/mol. The van der Waals surface area contributed by atoms with E-state index in [0.29, 0.717) is 10.8 Å². The standard InChI is InChI=1S/C23H24Cl2N4OS/c1-14-26-27-15(2)29(14)18-5-6-22(20(25)13-18)30-23-19-12-17(24)4-3-16(19)11-21(23)28-7-9-31-10-8-28/h3-6,12-13,21,23H,7-11H2,1-2H3/t21-,23-/m0/s1. The Kier molecular flexibility index (Phi) is 5.90. The molecule has 2 aliphatic rings. The summed E-state index contributed by atoms with van der Waals surface area (Å²) in [5.41, 5.74) is 3.40. The minimum absolute atomic E-state index is 0.0986. The van der Waals surface area contributed by atoms with Crippen LogP contribution < -0.4 is 4.74 Å². The zero-order chi connectivity index (χ0) is 21.5. The van der Waals surface area contributed by atoms with E-state index < -0.39 is 0 Å². The molecule has 0 saturated carbocycles. The average Bonchev–Trinajstić information content (AvgIpc) is 3.29. The Bertz CT molecular complexity index is 1090. The van der Waals surface area contributed by atoms with Crippen molar-refractivity contribution in [1.29, 1.82) is 0 Å². The van der Waals surface area contributed by atoms with Crippen LogP contribution in [0.5, 0.6) is 5.75 Å². The summed E-state index contributed by atoms with van der Waals surface area (Å²) < 4.78 is 8.59. The number of ether oxygens (including phenoxy) is 1. The minimum atomic E-state index is -0.0986. The van der Waals surface area contributed by atoms with Crippen molar-refractivity contribution in [1.82, 2.24) is 19.7 Å². The number of benzene rings is 2. The van der Waals surface area contributed by atoms with Crippen LogP contribution in [0, 0.1) is 13.8 Å². The summed E-state index contributed by atoms with van der Waals surface area (Å²) in [5, 5.41) is 9.60. The number of aryl methyl sites for hydroxylation is 2. The van der Waals surface area contributed by atoms with Crippen LogP contribution in [0.15, 0.2) is 36.4 Å². The molecule has 8 heteroatoms. The van der Waals surface area contributed by atoms with E-state index in [0.717, 1.165) is 53.4 Å². The van der Waals surface area contributed by atoms with E-state index >= 15 is 0 Å². The number of aromatic nitrogens is 3. The van der Waals surface area contributed by atoms with Crippen molar-refractivity contribution in [3.05, 3.63) is 69.2 Å². The van der Waals surface area contributed by atoms with Crippen LogP contribution in [0.1, 0.15) is 28.9 Å². The van der Waals surface area contributed by atoms with E-state index in [1.165, 1.54) is 11.1 Å². The lowest BCUT2D eigenvalue weighted by Crippen LogP contribution is -2.44. The topological polar surface area (TPSA) is 43.2 Å². The van der Waals surface area contributed by atoms with Gasteiger partial charge in [-0.05, 0) is 61.7 Å². The largest absolute Gasteiger partial charge is 0.482 e. The molecule has 1 aliphatic heterocycles. The maximum absolute atomic E-state index is 6.70. The Hall–Kier alpha value is -1.73. The zero-order valence-electron chi connectivity index (χ0n) is 17.5. The van der Waals surface area contributed by atoms with Gasteiger partial charge in [0.25, 0.3) is 0 Å². The van der Waals surface area contributed by atoms with Gasteiger partial charge in [-0.3, -0.25) is 9.47 Å².